The highest BCUT2D eigenvalue weighted by Gasteiger charge is 2.44. The maximum absolute atomic E-state index is 14.9. The van der Waals surface area contributed by atoms with E-state index in [-0.39, 0.29) is 12.8 Å². The molecule has 16 atom stereocenters. The molecule has 1 saturated heterocycles. The van der Waals surface area contributed by atoms with Crippen molar-refractivity contribution in [3.05, 3.63) is 36.0 Å². The number of hydrogen-bond donors (Lipinski definition) is 21. The van der Waals surface area contributed by atoms with E-state index in [2.05, 4.69) is 50.7 Å². The molecule has 1 fully saturated rings. The van der Waals surface area contributed by atoms with Crippen molar-refractivity contribution >= 4 is 129 Å². The molecule has 23 N–H and O–H groups in total. The average molecular weight is 1620 g/mol. The third-order valence-corrected chi connectivity index (χ3v) is 18.2. The van der Waals surface area contributed by atoms with Gasteiger partial charge in [0.2, 0.25) is 88.6 Å². The highest BCUT2D eigenvalue weighted by molar-refractivity contribution is 6.03. The minimum atomic E-state index is -2.81. The van der Waals surface area contributed by atoms with E-state index in [4.69, 9.17) is 20.9 Å². The molecule has 16 unspecified atom stereocenters. The van der Waals surface area contributed by atoms with Crippen LogP contribution in [0.3, 0.4) is 0 Å². The molecule has 44 nitrogen and oxygen atoms in total. The van der Waals surface area contributed by atoms with Crippen LogP contribution in [-0.2, 0) is 112 Å². The summed E-state index contributed by atoms with van der Waals surface area (Å²) in [7, 11) is 1.62. The van der Waals surface area contributed by atoms with Gasteiger partial charge in [-0.2, -0.15) is 0 Å². The predicted molar refractivity (Wildman–Crippen MR) is 392 cm³/mol. The van der Waals surface area contributed by atoms with Crippen LogP contribution in [0, 0.1) is 17.8 Å². The third-order valence-electron chi connectivity index (χ3n) is 18.2. The van der Waals surface area contributed by atoms with Crippen molar-refractivity contribution in [2.24, 2.45) is 29.2 Å². The smallest absolute Gasteiger partial charge is 0.335 e. The number of carboxylic acid groups (broad SMARTS) is 4. The van der Waals surface area contributed by atoms with Crippen LogP contribution in [0.2, 0.25) is 0 Å². The summed E-state index contributed by atoms with van der Waals surface area (Å²) < 4.78 is 10.6. The zero-order chi connectivity index (χ0) is 86.1. The molecule has 1 aliphatic rings. The van der Waals surface area contributed by atoms with Crippen molar-refractivity contribution in [2.75, 3.05) is 33.9 Å². The molecule has 0 saturated carbocycles. The normalized spacial score (nSPS) is 22.3. The van der Waals surface area contributed by atoms with Crippen LogP contribution in [0.25, 0.3) is 10.9 Å². The number of para-hydroxylation sites is 1. The number of aliphatic hydroxyl groups is 2. The maximum Gasteiger partial charge on any atom is 0.335 e. The number of carbonyl (C=O) groups is 20. The van der Waals surface area contributed by atoms with Gasteiger partial charge in [0.1, 0.15) is 72.6 Å². The number of hydrogen-bond acceptors (Lipinski definition) is 24. The topological polar surface area (TPSA) is 697 Å². The summed E-state index contributed by atoms with van der Waals surface area (Å²) in [5.74, 6) is -31.5. The summed E-state index contributed by atoms with van der Waals surface area (Å²) in [6, 6.07) is -16.5. The fourth-order valence-electron chi connectivity index (χ4n) is 11.5. The number of likely N-dealkylation sites (N-methyl/N-ethyl adjacent to an activating group) is 1. The molecule has 3 rings (SSSR count). The summed E-state index contributed by atoms with van der Waals surface area (Å²) >= 11 is 0. The van der Waals surface area contributed by atoms with Crippen molar-refractivity contribution in [1.82, 2.24) is 73.7 Å². The number of aromatic nitrogens is 1. The Hall–Kier alpha value is -12.0. The molecule has 1 aliphatic heterocycles. The van der Waals surface area contributed by atoms with Gasteiger partial charge in [0, 0.05) is 50.5 Å². The number of aliphatic carboxylic acids is 4. The largest absolute Gasteiger partial charge is 0.481 e. The third kappa shape index (κ3) is 31.3. The summed E-state index contributed by atoms with van der Waals surface area (Å²) in [5, 5.41) is 87.2. The fourth-order valence-corrected chi connectivity index (χ4v) is 11.5. The second-order valence-electron chi connectivity index (χ2n) is 27.8. The zero-order valence-corrected chi connectivity index (χ0v) is 64.3. The van der Waals surface area contributed by atoms with E-state index in [0.717, 1.165) is 60.6 Å². The Balaban J connectivity index is 2.25. The number of rotatable bonds is 34. The molecular formula is C70H104N16O28. The van der Waals surface area contributed by atoms with Gasteiger partial charge in [-0.3, -0.25) is 86.3 Å². The summed E-state index contributed by atoms with van der Waals surface area (Å²) in [6.45, 7) is 5.98. The molecule has 1 aromatic heterocycles. The molecule has 1 aromatic carbocycles. The van der Waals surface area contributed by atoms with Gasteiger partial charge in [-0.25, -0.2) is 9.59 Å². The number of fused-ring (bicyclic) bond motifs is 1. The van der Waals surface area contributed by atoms with E-state index in [1.54, 1.807) is 30.5 Å². The van der Waals surface area contributed by atoms with Gasteiger partial charge < -0.3 is 125 Å². The van der Waals surface area contributed by atoms with E-state index < -0.39 is 267 Å². The van der Waals surface area contributed by atoms with Crippen LogP contribution < -0.4 is 75.3 Å². The molecule has 44 heteroatoms. The Morgan fingerprint density at radius 1 is 0.640 bits per heavy atom. The number of ether oxygens (including phenoxy) is 2. The number of aliphatic hydroxyl groups excluding tert-OH is 2. The standard InChI is InChI=1S/C70H104N16O28/c1-10-32(4)17-13-11-12-14-20-45(89)76-40(24-36-27-73-38-19-16-15-18-37(36)38)61(102)78-39(21-22-48(92)93)60(101)84-54(56(98)58(72)99)67(108)83-53-35(7)114-70(112)51(31(2)3)81-66(107)52(33(5)23-49(94)95)82-63(104)41(25-44(71)88)77-46(90)28-74-65(106)55(57(113-9)69(110)111)85-64(105)43(30-87)80-62(103)42(26-50(96)97)79-59(100)34(6)75-47(91)29-86(8)68(53)109/h15-16,18-19,27,31-35,39-43,51-57,73,87,98H,10-14,17,20-26,28-30H2,1-9H3,(H2,71,88)(H2,72,99)(H,74,106)(H,75,91)(H,76,89)(H,77,90)(H,78,102)(H,79,100)(H,80,103)(H,81,107)(H,82,104)(H,83,108)(H,84,101)(H,85,105)(H,92,93)(H,94,95)(H,96,97)(H,110,111). The number of benzene rings is 1. The van der Waals surface area contributed by atoms with E-state index in [1.807, 2.05) is 31.9 Å². The van der Waals surface area contributed by atoms with Gasteiger partial charge in [-0.15, -0.1) is 0 Å². The quantitative estimate of drug-likeness (QED) is 0.0229. The highest BCUT2D eigenvalue weighted by atomic mass is 16.5. The molecule has 0 radical (unpaired) electrons. The number of unbranched alkanes of at least 4 members (excludes halogenated alkanes) is 3. The van der Waals surface area contributed by atoms with Crippen molar-refractivity contribution in [1.29, 1.82) is 0 Å². The molecule has 632 valence electrons. The van der Waals surface area contributed by atoms with E-state index in [9.17, 15) is 127 Å². The number of aromatic amines is 1. The second-order valence-corrected chi connectivity index (χ2v) is 27.8. The predicted octanol–water partition coefficient (Wildman–Crippen LogP) is -7.11. The molecule has 2 heterocycles. The minimum absolute atomic E-state index is 0.0304. The summed E-state index contributed by atoms with van der Waals surface area (Å²) in [6.07, 6.45) is -6.10. The fraction of sp³-hybridized carbons (Fsp3) is 0.600. The number of nitrogens with one attached hydrogen (secondary N) is 13. The number of carboxylic acids is 4. The van der Waals surface area contributed by atoms with Gasteiger partial charge in [-0.1, -0.05) is 84.9 Å². The Kier molecular flexibility index (Phi) is 39.5. The summed E-state index contributed by atoms with van der Waals surface area (Å²) in [5.41, 5.74) is 12.0. The number of cyclic esters (lactones) is 1. The number of nitrogens with zero attached hydrogens (tertiary/aromatic N) is 1. The first-order valence-corrected chi connectivity index (χ1v) is 36.3. The Morgan fingerprint density at radius 2 is 1.24 bits per heavy atom. The van der Waals surface area contributed by atoms with Gasteiger partial charge >= 0.3 is 29.8 Å². The van der Waals surface area contributed by atoms with Gasteiger partial charge in [0.25, 0.3) is 0 Å². The van der Waals surface area contributed by atoms with Crippen LogP contribution >= 0.6 is 0 Å². The first kappa shape index (κ1) is 96.2. The number of nitrogens with two attached hydrogens (primary N) is 2. The molecule has 114 heavy (non-hydrogen) atoms. The number of carbonyl (C=O) groups excluding carboxylic acids is 16. The maximum atomic E-state index is 14.9. The lowest BCUT2D eigenvalue weighted by atomic mass is 9.95. The molecule has 0 aliphatic carbocycles. The van der Waals surface area contributed by atoms with Crippen LogP contribution in [0.4, 0.5) is 0 Å². The Labute approximate surface area is 652 Å². The van der Waals surface area contributed by atoms with E-state index in [1.165, 1.54) is 13.8 Å². The van der Waals surface area contributed by atoms with Crippen molar-refractivity contribution in [3.8, 4) is 0 Å². The van der Waals surface area contributed by atoms with E-state index >= 15 is 0 Å². The summed E-state index contributed by atoms with van der Waals surface area (Å²) in [4.78, 5) is 275. The average Bonchev–Trinajstić information content (AvgIpc) is 1.54. The monoisotopic (exact) mass is 1620 g/mol. The van der Waals surface area contributed by atoms with Crippen LogP contribution in [0.1, 0.15) is 131 Å². The lowest BCUT2D eigenvalue weighted by Crippen LogP contribution is -2.64. The molecule has 2 aromatic rings. The first-order chi connectivity index (χ1) is 53.4. The van der Waals surface area contributed by atoms with Crippen molar-refractivity contribution in [2.45, 2.75) is 217 Å². The molecule has 15 amide bonds. The number of primary amides is 2. The van der Waals surface area contributed by atoms with Crippen LogP contribution in [-0.4, -0.2) is 278 Å². The lowest BCUT2D eigenvalue weighted by molar-refractivity contribution is -0.159. The molecule has 0 bridgehead atoms. The Bertz CT molecular complexity index is 3830. The number of esters is 1. The van der Waals surface area contributed by atoms with Gasteiger partial charge in [-0.05, 0) is 56.1 Å². The first-order valence-electron chi connectivity index (χ1n) is 36.3. The van der Waals surface area contributed by atoms with Crippen LogP contribution in [0.5, 0.6) is 0 Å². The minimum Gasteiger partial charge on any atom is -0.481 e. The Morgan fingerprint density at radius 3 is 1.82 bits per heavy atom. The zero-order valence-electron chi connectivity index (χ0n) is 64.3. The molecular weight excluding hydrogens is 1510 g/mol. The van der Waals surface area contributed by atoms with Crippen molar-refractivity contribution in [3.63, 3.8) is 0 Å². The molecule has 0 spiro atoms. The number of methoxy groups -OCH3 is 1. The number of H-pyrrole nitrogens is 1. The second kappa shape index (κ2) is 46.8. The highest BCUT2D eigenvalue weighted by Crippen LogP contribution is 2.21. The van der Waals surface area contributed by atoms with Gasteiger partial charge in [0.05, 0.1) is 39.0 Å². The van der Waals surface area contributed by atoms with E-state index in [0.29, 0.717) is 40.1 Å². The lowest BCUT2D eigenvalue weighted by Gasteiger charge is -2.32. The SMILES string of the molecule is CCC(C)CCCCCCC(=O)NC(Cc1c[nH]c2ccccc12)C(=O)NC(CCC(=O)O)C(=O)NC(C(=O)NC1C(=O)N(C)CC(=O)NC(C)C(=O)NC(CC(=O)O)C(=O)NC(CO)C(=O)NC(C(OC)C(=O)O)C(=O)NCC(=O)NC(CC(N)=O)C(=O)NC(C(C)CC(=O)O)C(=O)NC(C(C)C)C(=O)OC1C)C(O)C(N)=O. The van der Waals surface area contributed by atoms with Crippen LogP contribution in [0.15, 0.2) is 30.5 Å². The van der Waals surface area contributed by atoms with Gasteiger partial charge in [0.15, 0.2) is 12.2 Å². The van der Waals surface area contributed by atoms with Crippen molar-refractivity contribution < 1.29 is 136 Å². The number of amides is 15.